The second-order valence-corrected chi connectivity index (χ2v) is 3.76. The molecule has 6 heteroatoms. The molecule has 0 aliphatic heterocycles. The van der Waals surface area contributed by atoms with Crippen LogP contribution in [-0.2, 0) is 6.54 Å². The van der Waals surface area contributed by atoms with Crippen LogP contribution in [0, 0.1) is 0 Å². The molecule has 90 valence electrons. The monoisotopic (exact) mass is 233 g/mol. The number of nitrogens with zero attached hydrogens (tertiary/aromatic N) is 3. The molecule has 2 heterocycles. The van der Waals surface area contributed by atoms with Crippen LogP contribution in [0.2, 0.25) is 0 Å². The first-order valence-corrected chi connectivity index (χ1v) is 5.53. The Bertz CT molecular complexity index is 531. The molecule has 0 bridgehead atoms. The summed E-state index contributed by atoms with van der Waals surface area (Å²) in [4.78, 5) is 16.0. The fourth-order valence-corrected chi connectivity index (χ4v) is 1.58. The Morgan fingerprint density at radius 2 is 2.41 bits per heavy atom. The Morgan fingerprint density at radius 1 is 1.59 bits per heavy atom. The van der Waals surface area contributed by atoms with Gasteiger partial charge in [-0.25, -0.2) is 4.98 Å². The summed E-state index contributed by atoms with van der Waals surface area (Å²) in [5.74, 6) is 0.364. The summed E-state index contributed by atoms with van der Waals surface area (Å²) in [7, 11) is 0. The molecule has 1 atom stereocenters. The van der Waals surface area contributed by atoms with Gasteiger partial charge in [0.05, 0.1) is 12.2 Å². The van der Waals surface area contributed by atoms with Crippen molar-refractivity contribution in [3.8, 4) is 0 Å². The minimum Gasteiger partial charge on any atom is -0.359 e. The molecule has 0 aromatic carbocycles. The van der Waals surface area contributed by atoms with E-state index in [4.69, 9.17) is 0 Å². The summed E-state index contributed by atoms with van der Waals surface area (Å²) < 4.78 is 1.61. The molecule has 2 N–H and O–H groups in total. The van der Waals surface area contributed by atoms with Crippen LogP contribution in [0.4, 0.5) is 5.82 Å². The lowest BCUT2D eigenvalue weighted by atomic mass is 10.2. The Labute approximate surface area is 98.7 Å². The average molecular weight is 233 g/mol. The van der Waals surface area contributed by atoms with E-state index in [2.05, 4.69) is 20.5 Å². The number of hydrogen-bond acceptors (Lipinski definition) is 4. The van der Waals surface area contributed by atoms with Crippen LogP contribution < -0.4 is 10.9 Å². The van der Waals surface area contributed by atoms with Gasteiger partial charge in [-0.2, -0.15) is 5.10 Å². The van der Waals surface area contributed by atoms with Crippen LogP contribution in [0.3, 0.4) is 0 Å². The predicted octanol–water partition coefficient (Wildman–Crippen LogP) is 1.16. The number of aryl methyl sites for hydroxylation is 1. The van der Waals surface area contributed by atoms with Gasteiger partial charge in [-0.15, -0.1) is 0 Å². The van der Waals surface area contributed by atoms with Crippen molar-refractivity contribution in [2.24, 2.45) is 0 Å². The molecule has 0 aliphatic carbocycles. The Balaban J connectivity index is 2.22. The van der Waals surface area contributed by atoms with E-state index >= 15 is 0 Å². The van der Waals surface area contributed by atoms with Gasteiger partial charge in [0.2, 0.25) is 0 Å². The number of nitrogens with one attached hydrogen (secondary N) is 2. The van der Waals surface area contributed by atoms with Crippen molar-refractivity contribution in [3.05, 3.63) is 40.7 Å². The molecule has 0 amide bonds. The molecular weight excluding hydrogens is 218 g/mol. The molecule has 0 aliphatic rings. The summed E-state index contributed by atoms with van der Waals surface area (Å²) in [5, 5.41) is 9.69. The van der Waals surface area contributed by atoms with E-state index < -0.39 is 0 Å². The van der Waals surface area contributed by atoms with Crippen LogP contribution >= 0.6 is 0 Å². The van der Waals surface area contributed by atoms with Crippen LogP contribution in [0.15, 0.2) is 29.6 Å². The maximum Gasteiger partial charge on any atom is 0.293 e. The summed E-state index contributed by atoms with van der Waals surface area (Å²) in [6, 6.07) is -0.0124. The van der Waals surface area contributed by atoms with Crippen molar-refractivity contribution < 1.29 is 0 Å². The zero-order valence-electron chi connectivity index (χ0n) is 9.84. The van der Waals surface area contributed by atoms with Gasteiger partial charge in [0.25, 0.3) is 5.56 Å². The van der Waals surface area contributed by atoms with Crippen molar-refractivity contribution >= 4 is 5.82 Å². The second kappa shape index (κ2) is 4.82. The van der Waals surface area contributed by atoms with Crippen molar-refractivity contribution in [1.82, 2.24) is 19.7 Å². The molecule has 0 saturated carbocycles. The Kier molecular flexibility index (Phi) is 3.22. The number of aromatic nitrogens is 4. The molecule has 0 saturated heterocycles. The number of anilines is 1. The summed E-state index contributed by atoms with van der Waals surface area (Å²) in [6.07, 6.45) is 6.81. The van der Waals surface area contributed by atoms with Gasteiger partial charge in [-0.05, 0) is 13.8 Å². The summed E-state index contributed by atoms with van der Waals surface area (Å²) >= 11 is 0. The Hall–Kier alpha value is -2.11. The van der Waals surface area contributed by atoms with E-state index in [1.807, 2.05) is 13.8 Å². The SMILES string of the molecule is CCn1ccnc(NC(C)c2cn[nH]c2)c1=O. The standard InChI is InChI=1S/C11H15N5O/c1-3-16-5-4-12-10(11(16)17)15-8(2)9-6-13-14-7-9/h4-8H,3H2,1-2H3,(H,12,15)(H,13,14). The molecule has 2 rings (SSSR count). The minimum atomic E-state index is -0.106. The Morgan fingerprint density at radius 3 is 3.06 bits per heavy atom. The van der Waals surface area contributed by atoms with Gasteiger partial charge in [-0.3, -0.25) is 9.89 Å². The van der Waals surface area contributed by atoms with E-state index in [-0.39, 0.29) is 11.6 Å². The molecule has 0 fully saturated rings. The minimum absolute atomic E-state index is 0.0124. The first-order valence-electron chi connectivity index (χ1n) is 5.53. The van der Waals surface area contributed by atoms with Crippen LogP contribution in [0.1, 0.15) is 25.5 Å². The summed E-state index contributed by atoms with van der Waals surface area (Å²) in [5.41, 5.74) is 0.878. The number of hydrogen-bond donors (Lipinski definition) is 2. The van der Waals surface area contributed by atoms with Gasteiger partial charge in [-0.1, -0.05) is 0 Å². The molecule has 2 aromatic heterocycles. The topological polar surface area (TPSA) is 75.6 Å². The smallest absolute Gasteiger partial charge is 0.293 e. The van der Waals surface area contributed by atoms with Gasteiger partial charge < -0.3 is 9.88 Å². The lowest BCUT2D eigenvalue weighted by molar-refractivity contribution is 0.714. The van der Waals surface area contributed by atoms with E-state index in [1.165, 1.54) is 0 Å². The van der Waals surface area contributed by atoms with Gasteiger partial charge in [0.15, 0.2) is 5.82 Å². The second-order valence-electron chi connectivity index (χ2n) is 3.76. The highest BCUT2D eigenvalue weighted by molar-refractivity contribution is 5.34. The lowest BCUT2D eigenvalue weighted by Gasteiger charge is -2.12. The van der Waals surface area contributed by atoms with Gasteiger partial charge in [0, 0.05) is 30.7 Å². The highest BCUT2D eigenvalue weighted by atomic mass is 16.1. The fourth-order valence-electron chi connectivity index (χ4n) is 1.58. The van der Waals surface area contributed by atoms with Crippen LogP contribution in [-0.4, -0.2) is 19.7 Å². The lowest BCUT2D eigenvalue weighted by Crippen LogP contribution is -2.24. The molecule has 2 aromatic rings. The maximum atomic E-state index is 11.9. The molecular formula is C11H15N5O. The van der Waals surface area contributed by atoms with Crippen LogP contribution in [0.25, 0.3) is 0 Å². The highest BCUT2D eigenvalue weighted by Gasteiger charge is 2.10. The molecule has 0 radical (unpaired) electrons. The fraction of sp³-hybridized carbons (Fsp3) is 0.364. The average Bonchev–Trinajstić information content (AvgIpc) is 2.85. The number of rotatable bonds is 4. The van der Waals surface area contributed by atoms with Crippen molar-refractivity contribution in [1.29, 1.82) is 0 Å². The van der Waals surface area contributed by atoms with E-state index in [0.717, 1.165) is 5.56 Å². The van der Waals surface area contributed by atoms with Crippen molar-refractivity contribution in [2.75, 3.05) is 5.32 Å². The predicted molar refractivity (Wildman–Crippen MR) is 64.8 cm³/mol. The normalized spacial score (nSPS) is 12.4. The molecule has 1 unspecified atom stereocenters. The third-order valence-electron chi connectivity index (χ3n) is 2.63. The van der Waals surface area contributed by atoms with E-state index in [1.54, 1.807) is 29.4 Å². The number of H-pyrrole nitrogens is 1. The number of aromatic amines is 1. The molecule has 17 heavy (non-hydrogen) atoms. The quantitative estimate of drug-likeness (QED) is 0.830. The highest BCUT2D eigenvalue weighted by Crippen LogP contribution is 2.13. The van der Waals surface area contributed by atoms with E-state index in [0.29, 0.717) is 12.4 Å². The third kappa shape index (κ3) is 2.35. The first-order chi connectivity index (χ1) is 8.22. The summed E-state index contributed by atoms with van der Waals surface area (Å²) in [6.45, 7) is 4.51. The first kappa shape index (κ1) is 11.4. The molecule has 6 nitrogen and oxygen atoms in total. The maximum absolute atomic E-state index is 11.9. The van der Waals surface area contributed by atoms with Gasteiger partial charge in [0.1, 0.15) is 0 Å². The van der Waals surface area contributed by atoms with E-state index in [9.17, 15) is 4.79 Å². The zero-order chi connectivity index (χ0) is 12.3. The van der Waals surface area contributed by atoms with Crippen LogP contribution in [0.5, 0.6) is 0 Å². The van der Waals surface area contributed by atoms with Gasteiger partial charge >= 0.3 is 0 Å². The van der Waals surface area contributed by atoms with Crippen molar-refractivity contribution in [3.63, 3.8) is 0 Å². The van der Waals surface area contributed by atoms with Crippen molar-refractivity contribution in [2.45, 2.75) is 26.4 Å². The third-order valence-corrected chi connectivity index (χ3v) is 2.63. The molecule has 0 spiro atoms. The largest absolute Gasteiger partial charge is 0.359 e. The zero-order valence-corrected chi connectivity index (χ0v) is 9.84.